The van der Waals surface area contributed by atoms with E-state index in [0.29, 0.717) is 21.9 Å². The van der Waals surface area contributed by atoms with E-state index in [1.807, 2.05) is 0 Å². The van der Waals surface area contributed by atoms with Gasteiger partial charge in [0.1, 0.15) is 11.4 Å². The number of nitrogens with zero attached hydrogens (tertiary/aromatic N) is 3. The van der Waals surface area contributed by atoms with Crippen molar-refractivity contribution in [3.63, 3.8) is 0 Å². The summed E-state index contributed by atoms with van der Waals surface area (Å²) in [5.41, 5.74) is -0.394. The summed E-state index contributed by atoms with van der Waals surface area (Å²) in [7, 11) is 2.88. The standard InChI is InChI=1S/C19H14F3N3O/c1-24-13-9-5-3-7-11(13)15(17(24)19(20,21)22)16-18(26)25(2)14-10-6-4-8-12(14)23-16/h3-10H,1-2H3. The predicted octanol–water partition coefficient (Wildman–Crippen LogP) is 4.11. The molecule has 0 N–H and O–H groups in total. The lowest BCUT2D eigenvalue weighted by molar-refractivity contribution is -0.142. The number of hydrogen-bond acceptors (Lipinski definition) is 2. The van der Waals surface area contributed by atoms with Gasteiger partial charge in [0.25, 0.3) is 5.56 Å². The Balaban J connectivity index is 2.22. The molecule has 4 nitrogen and oxygen atoms in total. The molecule has 2 aromatic carbocycles. The van der Waals surface area contributed by atoms with Gasteiger partial charge >= 0.3 is 6.18 Å². The van der Waals surface area contributed by atoms with Crippen molar-refractivity contribution in [1.82, 2.24) is 14.1 Å². The Morgan fingerprint density at radius 1 is 0.885 bits per heavy atom. The van der Waals surface area contributed by atoms with E-state index >= 15 is 0 Å². The first-order valence-corrected chi connectivity index (χ1v) is 7.91. The molecule has 0 radical (unpaired) electrons. The van der Waals surface area contributed by atoms with Gasteiger partial charge in [0.05, 0.1) is 11.0 Å². The molecular formula is C19H14F3N3O. The van der Waals surface area contributed by atoms with Gasteiger partial charge < -0.3 is 9.13 Å². The third-order valence-electron chi connectivity index (χ3n) is 4.59. The predicted molar refractivity (Wildman–Crippen MR) is 93.9 cm³/mol. The zero-order valence-electron chi connectivity index (χ0n) is 14.0. The number of halogens is 3. The van der Waals surface area contributed by atoms with Gasteiger partial charge in [0.15, 0.2) is 0 Å². The topological polar surface area (TPSA) is 39.8 Å². The largest absolute Gasteiger partial charge is 0.432 e. The lowest BCUT2D eigenvalue weighted by Crippen LogP contribution is -2.22. The van der Waals surface area contributed by atoms with E-state index in [1.54, 1.807) is 48.5 Å². The number of para-hydroxylation sites is 3. The lowest BCUT2D eigenvalue weighted by Gasteiger charge is -2.12. The molecule has 132 valence electrons. The van der Waals surface area contributed by atoms with Gasteiger partial charge in [-0.2, -0.15) is 13.2 Å². The molecular weight excluding hydrogens is 343 g/mol. The SMILES string of the molecule is Cn1c(C(F)(F)F)c(-c2nc3ccccc3n(C)c2=O)c2ccccc21. The maximum absolute atomic E-state index is 13.8. The number of aryl methyl sites for hydroxylation is 2. The van der Waals surface area contributed by atoms with Gasteiger partial charge in [-0.15, -0.1) is 0 Å². The van der Waals surface area contributed by atoms with Crippen LogP contribution in [0.15, 0.2) is 53.3 Å². The molecule has 0 bridgehead atoms. The Kier molecular flexibility index (Phi) is 3.44. The molecule has 4 aromatic rings. The van der Waals surface area contributed by atoms with E-state index in [9.17, 15) is 18.0 Å². The summed E-state index contributed by atoms with van der Waals surface area (Å²) in [6.45, 7) is 0. The fraction of sp³-hybridized carbons (Fsp3) is 0.158. The molecule has 0 atom stereocenters. The number of benzene rings is 2. The van der Waals surface area contributed by atoms with Crippen molar-refractivity contribution >= 4 is 21.9 Å². The first-order valence-electron chi connectivity index (χ1n) is 7.91. The number of hydrogen-bond donors (Lipinski definition) is 0. The van der Waals surface area contributed by atoms with Crippen LogP contribution in [0.4, 0.5) is 13.2 Å². The minimum absolute atomic E-state index is 0.179. The molecule has 2 aromatic heterocycles. The van der Waals surface area contributed by atoms with Crippen molar-refractivity contribution in [2.24, 2.45) is 14.1 Å². The van der Waals surface area contributed by atoms with Crippen molar-refractivity contribution < 1.29 is 13.2 Å². The van der Waals surface area contributed by atoms with Gasteiger partial charge in [-0.1, -0.05) is 30.3 Å². The molecule has 4 rings (SSSR count). The Morgan fingerprint density at radius 2 is 1.50 bits per heavy atom. The third kappa shape index (κ3) is 2.23. The average Bonchev–Trinajstić information content (AvgIpc) is 2.91. The molecule has 0 saturated carbocycles. The highest BCUT2D eigenvalue weighted by atomic mass is 19.4. The van der Waals surface area contributed by atoms with Crippen molar-refractivity contribution in [3.05, 3.63) is 64.6 Å². The normalized spacial score (nSPS) is 12.2. The molecule has 0 saturated heterocycles. The first kappa shape index (κ1) is 16.4. The molecule has 0 amide bonds. The molecule has 0 fully saturated rings. The van der Waals surface area contributed by atoms with E-state index in [2.05, 4.69) is 4.98 Å². The van der Waals surface area contributed by atoms with Crippen LogP contribution in [0.2, 0.25) is 0 Å². The molecule has 26 heavy (non-hydrogen) atoms. The summed E-state index contributed by atoms with van der Waals surface area (Å²) in [5.74, 6) is 0. The zero-order valence-corrected chi connectivity index (χ0v) is 14.0. The minimum Gasteiger partial charge on any atom is -0.340 e. The number of fused-ring (bicyclic) bond motifs is 2. The van der Waals surface area contributed by atoms with Gasteiger partial charge in [-0.25, -0.2) is 4.98 Å². The fourth-order valence-corrected chi connectivity index (χ4v) is 3.41. The van der Waals surface area contributed by atoms with Crippen LogP contribution >= 0.6 is 0 Å². The molecule has 7 heteroatoms. The number of rotatable bonds is 1. The first-order chi connectivity index (χ1) is 12.3. The fourth-order valence-electron chi connectivity index (χ4n) is 3.41. The zero-order chi connectivity index (χ0) is 18.6. The maximum Gasteiger partial charge on any atom is 0.432 e. The van der Waals surface area contributed by atoms with Gasteiger partial charge in [-0.05, 0) is 18.2 Å². The highest BCUT2D eigenvalue weighted by Gasteiger charge is 2.40. The second-order valence-corrected chi connectivity index (χ2v) is 6.11. The van der Waals surface area contributed by atoms with E-state index in [1.165, 1.54) is 18.7 Å². The quantitative estimate of drug-likeness (QED) is 0.514. The van der Waals surface area contributed by atoms with E-state index in [-0.39, 0.29) is 11.3 Å². The molecule has 0 aliphatic rings. The second-order valence-electron chi connectivity index (χ2n) is 6.11. The van der Waals surface area contributed by atoms with Crippen LogP contribution in [0.3, 0.4) is 0 Å². The second kappa shape index (κ2) is 5.45. The van der Waals surface area contributed by atoms with Crippen LogP contribution in [0, 0.1) is 0 Å². The highest BCUT2D eigenvalue weighted by molar-refractivity contribution is 5.98. The molecule has 2 heterocycles. The van der Waals surface area contributed by atoms with Crippen LogP contribution in [-0.4, -0.2) is 14.1 Å². The Hall–Kier alpha value is -3.09. The molecule has 0 aliphatic heterocycles. The summed E-state index contributed by atoms with van der Waals surface area (Å²) in [6.07, 6.45) is -4.62. The summed E-state index contributed by atoms with van der Waals surface area (Å²) in [6, 6.07) is 13.4. The number of aromatic nitrogens is 3. The van der Waals surface area contributed by atoms with E-state index < -0.39 is 17.4 Å². The van der Waals surface area contributed by atoms with E-state index in [0.717, 1.165) is 4.57 Å². The lowest BCUT2D eigenvalue weighted by atomic mass is 10.1. The van der Waals surface area contributed by atoms with Crippen molar-refractivity contribution in [2.75, 3.05) is 0 Å². The minimum atomic E-state index is -4.62. The van der Waals surface area contributed by atoms with Crippen molar-refractivity contribution in [1.29, 1.82) is 0 Å². The average molecular weight is 357 g/mol. The van der Waals surface area contributed by atoms with Crippen LogP contribution in [-0.2, 0) is 20.3 Å². The summed E-state index contributed by atoms with van der Waals surface area (Å²) in [4.78, 5) is 17.1. The smallest absolute Gasteiger partial charge is 0.340 e. The highest BCUT2D eigenvalue weighted by Crippen LogP contribution is 2.41. The Morgan fingerprint density at radius 3 is 2.19 bits per heavy atom. The molecule has 0 spiro atoms. The number of alkyl halides is 3. The van der Waals surface area contributed by atoms with Gasteiger partial charge in [-0.3, -0.25) is 4.79 Å². The Bertz CT molecular complexity index is 1220. The Labute approximate surface area is 146 Å². The maximum atomic E-state index is 13.8. The van der Waals surface area contributed by atoms with Crippen LogP contribution < -0.4 is 5.56 Å². The van der Waals surface area contributed by atoms with Crippen LogP contribution in [0.1, 0.15) is 5.69 Å². The van der Waals surface area contributed by atoms with Crippen molar-refractivity contribution in [3.8, 4) is 11.3 Å². The third-order valence-corrected chi connectivity index (χ3v) is 4.59. The van der Waals surface area contributed by atoms with Crippen LogP contribution in [0.5, 0.6) is 0 Å². The monoisotopic (exact) mass is 357 g/mol. The summed E-state index contributed by atoms with van der Waals surface area (Å²) < 4.78 is 43.9. The van der Waals surface area contributed by atoms with Crippen molar-refractivity contribution in [2.45, 2.75) is 6.18 Å². The van der Waals surface area contributed by atoms with Crippen LogP contribution in [0.25, 0.3) is 33.2 Å². The van der Waals surface area contributed by atoms with Gasteiger partial charge in [0, 0.05) is 30.6 Å². The summed E-state index contributed by atoms with van der Waals surface area (Å²) >= 11 is 0. The van der Waals surface area contributed by atoms with E-state index in [4.69, 9.17) is 0 Å². The van der Waals surface area contributed by atoms with Gasteiger partial charge in [0.2, 0.25) is 0 Å². The summed E-state index contributed by atoms with van der Waals surface area (Å²) in [5, 5.41) is 0.349. The molecule has 0 unspecified atom stereocenters. The molecule has 0 aliphatic carbocycles.